The van der Waals surface area contributed by atoms with Crippen molar-refractivity contribution < 1.29 is 0 Å². The van der Waals surface area contributed by atoms with E-state index in [2.05, 4.69) is 30.2 Å². The van der Waals surface area contributed by atoms with Crippen LogP contribution in [-0.2, 0) is 0 Å². The van der Waals surface area contributed by atoms with Gasteiger partial charge in [-0.15, -0.1) is 0 Å². The summed E-state index contributed by atoms with van der Waals surface area (Å²) in [6, 6.07) is 3.64. The smallest absolute Gasteiger partial charge is 0.144 e. The van der Waals surface area contributed by atoms with Gasteiger partial charge >= 0.3 is 0 Å². The summed E-state index contributed by atoms with van der Waals surface area (Å²) in [6.07, 6.45) is 5.71. The monoisotopic (exact) mass is 377 g/mol. The maximum atomic E-state index is 6.58. The summed E-state index contributed by atoms with van der Waals surface area (Å²) < 4.78 is 0. The number of halogens is 2. The second kappa shape index (κ2) is 6.33. The van der Waals surface area contributed by atoms with E-state index in [1.165, 1.54) is 6.33 Å². The lowest BCUT2D eigenvalue weighted by Gasteiger charge is -2.26. The minimum Gasteiger partial charge on any atom is -0.368 e. The Kier molecular flexibility index (Phi) is 4.15. The maximum Gasteiger partial charge on any atom is 0.144 e. The molecule has 1 fully saturated rings. The van der Waals surface area contributed by atoms with Crippen LogP contribution in [0.2, 0.25) is 10.0 Å². The van der Waals surface area contributed by atoms with Gasteiger partial charge in [0.2, 0.25) is 0 Å². The molecule has 0 aliphatic carbocycles. The molecule has 4 N–H and O–H groups in total. The van der Waals surface area contributed by atoms with E-state index >= 15 is 0 Å². The highest BCUT2D eigenvalue weighted by molar-refractivity contribution is 6.36. The van der Waals surface area contributed by atoms with Gasteiger partial charge in [-0.25, -0.2) is 15.0 Å². The third-order valence-electron chi connectivity index (χ3n) is 4.44. The van der Waals surface area contributed by atoms with Crippen LogP contribution in [0.3, 0.4) is 0 Å². The number of pyridine rings is 1. The summed E-state index contributed by atoms with van der Waals surface area (Å²) in [5.41, 5.74) is 6.92. The number of hydrogen-bond acceptors (Lipinski definition) is 6. The van der Waals surface area contributed by atoms with E-state index < -0.39 is 0 Å². The third kappa shape index (κ3) is 3.22. The van der Waals surface area contributed by atoms with Gasteiger partial charge in [-0.2, -0.15) is 0 Å². The molecule has 1 atom stereocenters. The number of hydrogen-bond donors (Lipinski definition) is 3. The molecule has 0 saturated carbocycles. The summed E-state index contributed by atoms with van der Waals surface area (Å²) in [5.74, 6) is 1.57. The topological polar surface area (TPSA) is 95.8 Å². The minimum absolute atomic E-state index is 0.388. The highest BCUT2D eigenvalue weighted by Gasteiger charge is 2.36. The van der Waals surface area contributed by atoms with Crippen molar-refractivity contribution in [2.75, 3.05) is 29.9 Å². The molecule has 1 aliphatic heterocycles. The zero-order chi connectivity index (χ0) is 17.4. The predicted octanol–water partition coefficient (Wildman–Crippen LogP) is 2.68. The van der Waals surface area contributed by atoms with E-state index in [-0.39, 0.29) is 5.54 Å². The number of fused-ring (bicyclic) bond motifs is 1. The lowest BCUT2D eigenvalue weighted by Crippen LogP contribution is -2.48. The van der Waals surface area contributed by atoms with Crippen LogP contribution >= 0.6 is 23.2 Å². The Bertz CT molecular complexity index is 895. The second-order valence-corrected chi connectivity index (χ2v) is 7.15. The van der Waals surface area contributed by atoms with Crippen LogP contribution in [0.15, 0.2) is 30.9 Å². The molecule has 0 radical (unpaired) electrons. The molecule has 4 rings (SSSR count). The third-order valence-corrected chi connectivity index (χ3v) is 4.96. The van der Waals surface area contributed by atoms with Crippen molar-refractivity contribution in [2.24, 2.45) is 5.73 Å². The molecule has 9 heteroatoms. The van der Waals surface area contributed by atoms with Gasteiger partial charge in [-0.05, 0) is 18.6 Å². The van der Waals surface area contributed by atoms with Crippen molar-refractivity contribution in [3.05, 3.63) is 40.9 Å². The van der Waals surface area contributed by atoms with Gasteiger partial charge in [0.15, 0.2) is 0 Å². The number of anilines is 2. The Labute approximate surface area is 154 Å². The Morgan fingerprint density at radius 2 is 2.16 bits per heavy atom. The first-order valence-electron chi connectivity index (χ1n) is 7.91. The van der Waals surface area contributed by atoms with Crippen LogP contribution < -0.4 is 16.0 Å². The Hall–Kier alpha value is -2.09. The number of aromatic amines is 1. The van der Waals surface area contributed by atoms with Crippen LogP contribution in [0.5, 0.6) is 0 Å². The number of rotatable bonds is 4. The van der Waals surface area contributed by atoms with E-state index in [0.29, 0.717) is 23.1 Å². The standard InChI is InChI=1S/C16H17Cl2N7/c17-10-1-2-12(20-5-10)22-7-16(19)3-4-25(8-16)15-13-11(18)6-21-14(13)23-9-24-15/h1-2,5-6,9H,3-4,7-8,19H2,(H,20,22)(H,21,23,24)/t16-/m0/s1. The SMILES string of the molecule is N[C@]1(CNc2ccc(Cl)cn2)CCN(c2ncnc3[nH]cc(Cl)c23)C1. The Morgan fingerprint density at radius 3 is 2.96 bits per heavy atom. The molecule has 130 valence electrons. The average molecular weight is 378 g/mol. The first-order chi connectivity index (χ1) is 12.0. The molecule has 0 spiro atoms. The largest absolute Gasteiger partial charge is 0.368 e. The Morgan fingerprint density at radius 1 is 1.28 bits per heavy atom. The summed E-state index contributed by atoms with van der Waals surface area (Å²) >= 11 is 12.1. The zero-order valence-electron chi connectivity index (χ0n) is 13.3. The van der Waals surface area contributed by atoms with E-state index in [4.69, 9.17) is 28.9 Å². The Balaban J connectivity index is 1.50. The number of H-pyrrole nitrogens is 1. The van der Waals surface area contributed by atoms with Gasteiger partial charge in [0, 0.05) is 32.0 Å². The molecule has 3 aromatic rings. The van der Waals surface area contributed by atoms with Crippen molar-refractivity contribution in [3.63, 3.8) is 0 Å². The van der Waals surface area contributed by atoms with Crippen LogP contribution in [0.25, 0.3) is 11.0 Å². The number of aromatic nitrogens is 4. The van der Waals surface area contributed by atoms with Crippen LogP contribution in [-0.4, -0.2) is 45.1 Å². The highest BCUT2D eigenvalue weighted by Crippen LogP contribution is 2.33. The molecule has 1 saturated heterocycles. The number of nitrogens with one attached hydrogen (secondary N) is 2. The normalized spacial score (nSPS) is 20.4. The predicted molar refractivity (Wildman–Crippen MR) is 100 cm³/mol. The van der Waals surface area contributed by atoms with E-state index in [9.17, 15) is 0 Å². The fourth-order valence-electron chi connectivity index (χ4n) is 3.12. The first kappa shape index (κ1) is 16.4. The van der Waals surface area contributed by atoms with Crippen molar-refractivity contribution in [1.82, 2.24) is 19.9 Å². The summed E-state index contributed by atoms with van der Waals surface area (Å²) in [6.45, 7) is 2.08. The molecular weight excluding hydrogens is 361 g/mol. The molecule has 25 heavy (non-hydrogen) atoms. The van der Waals surface area contributed by atoms with Crippen LogP contribution in [0.4, 0.5) is 11.6 Å². The van der Waals surface area contributed by atoms with Crippen LogP contribution in [0, 0.1) is 0 Å². The molecule has 0 bridgehead atoms. The van der Waals surface area contributed by atoms with Gasteiger partial charge in [0.25, 0.3) is 0 Å². The summed E-state index contributed by atoms with van der Waals surface area (Å²) in [7, 11) is 0. The molecule has 4 heterocycles. The van der Waals surface area contributed by atoms with Crippen molar-refractivity contribution >= 4 is 45.9 Å². The number of nitrogens with zero attached hydrogens (tertiary/aromatic N) is 4. The summed E-state index contributed by atoms with van der Waals surface area (Å²) in [5, 5.41) is 5.34. The maximum absolute atomic E-state index is 6.58. The van der Waals surface area contributed by atoms with E-state index in [1.54, 1.807) is 18.5 Å². The fraction of sp³-hybridized carbons (Fsp3) is 0.312. The molecule has 3 aromatic heterocycles. The van der Waals surface area contributed by atoms with E-state index in [1.807, 2.05) is 6.07 Å². The first-order valence-corrected chi connectivity index (χ1v) is 8.66. The average Bonchev–Trinajstić information content (AvgIpc) is 3.19. The van der Waals surface area contributed by atoms with Gasteiger partial charge in [0.1, 0.15) is 23.6 Å². The quantitative estimate of drug-likeness (QED) is 0.646. The molecule has 7 nitrogen and oxygen atoms in total. The van der Waals surface area contributed by atoms with Crippen molar-refractivity contribution in [1.29, 1.82) is 0 Å². The second-order valence-electron chi connectivity index (χ2n) is 6.31. The summed E-state index contributed by atoms with van der Waals surface area (Å²) in [4.78, 5) is 18.1. The minimum atomic E-state index is -0.388. The van der Waals surface area contributed by atoms with Gasteiger partial charge in [0.05, 0.1) is 21.0 Å². The van der Waals surface area contributed by atoms with Crippen molar-refractivity contribution in [3.8, 4) is 0 Å². The molecule has 0 unspecified atom stereocenters. The number of nitrogens with two attached hydrogens (primary N) is 1. The van der Waals surface area contributed by atoms with Gasteiger partial charge in [-0.1, -0.05) is 23.2 Å². The molecule has 0 aromatic carbocycles. The lowest BCUT2D eigenvalue weighted by atomic mass is 10.0. The van der Waals surface area contributed by atoms with E-state index in [0.717, 1.165) is 35.6 Å². The zero-order valence-corrected chi connectivity index (χ0v) is 14.8. The fourth-order valence-corrected chi connectivity index (χ4v) is 3.46. The highest BCUT2D eigenvalue weighted by atomic mass is 35.5. The molecule has 1 aliphatic rings. The molecule has 0 amide bonds. The van der Waals surface area contributed by atoms with Gasteiger partial charge < -0.3 is 20.9 Å². The molecular formula is C16H17Cl2N7. The lowest BCUT2D eigenvalue weighted by molar-refractivity contribution is 0.498. The van der Waals surface area contributed by atoms with Crippen LogP contribution in [0.1, 0.15) is 6.42 Å². The van der Waals surface area contributed by atoms with Gasteiger partial charge in [-0.3, -0.25) is 0 Å². The van der Waals surface area contributed by atoms with Crippen molar-refractivity contribution in [2.45, 2.75) is 12.0 Å².